The van der Waals surface area contributed by atoms with E-state index >= 15 is 0 Å². The number of hydrogen-bond donors (Lipinski definition) is 1. The summed E-state index contributed by atoms with van der Waals surface area (Å²) < 4.78 is 27.0. The molecule has 3 aromatic heterocycles. The van der Waals surface area contributed by atoms with Gasteiger partial charge in [0.05, 0.1) is 22.4 Å². The lowest BCUT2D eigenvalue weighted by atomic mass is 9.87. The maximum absolute atomic E-state index is 13.9. The molecule has 132 valence electrons. The molecule has 0 saturated heterocycles. The molecule has 0 aromatic carbocycles. The van der Waals surface area contributed by atoms with Gasteiger partial charge in [0.25, 0.3) is 0 Å². The Morgan fingerprint density at radius 3 is 2.50 bits per heavy atom. The van der Waals surface area contributed by atoms with Crippen LogP contribution in [0.4, 0.5) is 8.78 Å². The average Bonchev–Trinajstić information content (AvgIpc) is 2.62. The molecule has 3 aromatic rings. The number of carboxylic acid groups (broad SMARTS) is 1. The minimum atomic E-state index is -1.14. The van der Waals surface area contributed by atoms with E-state index in [1.54, 1.807) is 26.0 Å². The SMILES string of the molecule is CC(C)(c1cccc(C(=O)O)n1)c1nccc(-c2ccc(F)nc2F)n1. The molecule has 0 unspecified atom stereocenters. The summed E-state index contributed by atoms with van der Waals surface area (Å²) in [6.07, 6.45) is 1.45. The highest BCUT2D eigenvalue weighted by Crippen LogP contribution is 2.29. The summed E-state index contributed by atoms with van der Waals surface area (Å²) in [4.78, 5) is 27.0. The first-order valence-electron chi connectivity index (χ1n) is 7.66. The van der Waals surface area contributed by atoms with Gasteiger partial charge in [-0.05, 0) is 44.2 Å². The summed E-state index contributed by atoms with van der Waals surface area (Å²) in [7, 11) is 0. The summed E-state index contributed by atoms with van der Waals surface area (Å²) in [5.74, 6) is -2.72. The predicted octanol–water partition coefficient (Wildman–Crippen LogP) is 3.24. The minimum absolute atomic E-state index is 0.0399. The van der Waals surface area contributed by atoms with Crippen LogP contribution in [0.2, 0.25) is 0 Å². The van der Waals surface area contributed by atoms with Gasteiger partial charge in [-0.15, -0.1) is 0 Å². The van der Waals surface area contributed by atoms with E-state index in [-0.39, 0.29) is 17.0 Å². The molecule has 8 heteroatoms. The second-order valence-corrected chi connectivity index (χ2v) is 6.08. The lowest BCUT2D eigenvalue weighted by molar-refractivity contribution is 0.0690. The first kappa shape index (κ1) is 17.5. The van der Waals surface area contributed by atoms with Gasteiger partial charge in [0, 0.05) is 6.20 Å². The lowest BCUT2D eigenvalue weighted by Crippen LogP contribution is -2.25. The standard InChI is InChI=1S/C18H14F2N4O2/c1-18(2,13-5-3-4-12(22-13)16(25)26)17-21-9-8-11(23-17)10-6-7-14(19)24-15(10)20/h3-9H,1-2H3,(H,25,26). The van der Waals surface area contributed by atoms with Gasteiger partial charge < -0.3 is 5.11 Å². The number of pyridine rings is 2. The van der Waals surface area contributed by atoms with Crippen molar-refractivity contribution in [2.75, 3.05) is 0 Å². The van der Waals surface area contributed by atoms with E-state index in [0.29, 0.717) is 11.5 Å². The molecule has 6 nitrogen and oxygen atoms in total. The highest BCUT2D eigenvalue weighted by atomic mass is 19.1. The first-order chi connectivity index (χ1) is 12.3. The van der Waals surface area contributed by atoms with E-state index in [0.717, 1.165) is 6.07 Å². The number of halogens is 2. The van der Waals surface area contributed by atoms with Crippen LogP contribution in [0, 0.1) is 11.9 Å². The molecule has 0 aliphatic rings. The van der Waals surface area contributed by atoms with Crippen LogP contribution >= 0.6 is 0 Å². The third-order valence-corrected chi connectivity index (χ3v) is 3.91. The summed E-state index contributed by atoms with van der Waals surface area (Å²) in [5, 5.41) is 9.12. The van der Waals surface area contributed by atoms with E-state index in [1.807, 2.05) is 0 Å². The van der Waals surface area contributed by atoms with Gasteiger partial charge in [-0.1, -0.05) is 6.07 Å². The fraction of sp³-hybridized carbons (Fsp3) is 0.167. The van der Waals surface area contributed by atoms with Crippen LogP contribution in [0.15, 0.2) is 42.6 Å². The highest BCUT2D eigenvalue weighted by Gasteiger charge is 2.29. The zero-order valence-electron chi connectivity index (χ0n) is 13.9. The molecule has 0 radical (unpaired) electrons. The average molecular weight is 356 g/mol. The molecular weight excluding hydrogens is 342 g/mol. The molecule has 0 fully saturated rings. The van der Waals surface area contributed by atoms with Crippen molar-refractivity contribution in [2.45, 2.75) is 19.3 Å². The fourth-order valence-electron chi connectivity index (χ4n) is 2.43. The lowest BCUT2D eigenvalue weighted by Gasteiger charge is -2.23. The van der Waals surface area contributed by atoms with Gasteiger partial charge in [0.2, 0.25) is 11.9 Å². The number of carboxylic acids is 1. The van der Waals surface area contributed by atoms with Crippen LogP contribution in [0.5, 0.6) is 0 Å². The number of nitrogens with zero attached hydrogens (tertiary/aromatic N) is 4. The second-order valence-electron chi connectivity index (χ2n) is 6.08. The largest absolute Gasteiger partial charge is 0.477 e. The van der Waals surface area contributed by atoms with Crippen LogP contribution in [-0.4, -0.2) is 31.0 Å². The molecular formula is C18H14F2N4O2. The van der Waals surface area contributed by atoms with Crippen molar-refractivity contribution >= 4 is 5.97 Å². The molecule has 0 amide bonds. The maximum Gasteiger partial charge on any atom is 0.354 e. The Morgan fingerprint density at radius 2 is 1.81 bits per heavy atom. The second kappa shape index (κ2) is 6.55. The van der Waals surface area contributed by atoms with Gasteiger partial charge in [-0.3, -0.25) is 0 Å². The topological polar surface area (TPSA) is 88.9 Å². The number of hydrogen-bond acceptors (Lipinski definition) is 5. The van der Waals surface area contributed by atoms with E-state index < -0.39 is 23.3 Å². The Balaban J connectivity index is 2.06. The summed E-state index contributed by atoms with van der Waals surface area (Å²) >= 11 is 0. The molecule has 26 heavy (non-hydrogen) atoms. The smallest absolute Gasteiger partial charge is 0.354 e. The first-order valence-corrected chi connectivity index (χ1v) is 7.66. The third-order valence-electron chi connectivity index (χ3n) is 3.91. The number of aromatic nitrogens is 4. The van der Waals surface area contributed by atoms with E-state index in [4.69, 9.17) is 5.11 Å². The third kappa shape index (κ3) is 3.26. The van der Waals surface area contributed by atoms with Gasteiger partial charge in [0.1, 0.15) is 11.5 Å². The Kier molecular flexibility index (Phi) is 4.41. The predicted molar refractivity (Wildman–Crippen MR) is 88.5 cm³/mol. The van der Waals surface area contributed by atoms with Gasteiger partial charge in [-0.2, -0.15) is 13.8 Å². The van der Waals surface area contributed by atoms with Crippen LogP contribution in [-0.2, 0) is 5.41 Å². The molecule has 0 bridgehead atoms. The Morgan fingerprint density at radius 1 is 1.04 bits per heavy atom. The summed E-state index contributed by atoms with van der Waals surface area (Å²) in [5.41, 5.74) is -0.209. The Bertz CT molecular complexity index is 992. The van der Waals surface area contributed by atoms with Crippen molar-refractivity contribution in [3.63, 3.8) is 0 Å². The van der Waals surface area contributed by atoms with Gasteiger partial charge in [-0.25, -0.2) is 19.7 Å². The van der Waals surface area contributed by atoms with Crippen molar-refractivity contribution in [1.82, 2.24) is 19.9 Å². The highest BCUT2D eigenvalue weighted by molar-refractivity contribution is 5.85. The van der Waals surface area contributed by atoms with Crippen molar-refractivity contribution < 1.29 is 18.7 Å². The molecule has 3 heterocycles. The summed E-state index contributed by atoms with van der Waals surface area (Å²) in [6, 6.07) is 8.42. The molecule has 1 N–H and O–H groups in total. The monoisotopic (exact) mass is 356 g/mol. The Labute approximate surface area is 147 Å². The van der Waals surface area contributed by atoms with E-state index in [2.05, 4.69) is 19.9 Å². The van der Waals surface area contributed by atoms with Crippen molar-refractivity contribution in [2.24, 2.45) is 0 Å². The van der Waals surface area contributed by atoms with Crippen molar-refractivity contribution in [1.29, 1.82) is 0 Å². The molecule has 0 saturated carbocycles. The molecule has 0 aliphatic carbocycles. The van der Waals surface area contributed by atoms with Crippen LogP contribution < -0.4 is 0 Å². The van der Waals surface area contributed by atoms with Crippen molar-refractivity contribution in [3.05, 3.63) is 71.7 Å². The summed E-state index contributed by atoms with van der Waals surface area (Å²) in [6.45, 7) is 3.55. The minimum Gasteiger partial charge on any atom is -0.477 e. The normalized spacial score (nSPS) is 11.4. The zero-order chi connectivity index (χ0) is 18.9. The van der Waals surface area contributed by atoms with Crippen LogP contribution in [0.1, 0.15) is 35.9 Å². The van der Waals surface area contributed by atoms with Crippen molar-refractivity contribution in [3.8, 4) is 11.3 Å². The van der Waals surface area contributed by atoms with E-state index in [1.165, 1.54) is 24.4 Å². The maximum atomic E-state index is 13.9. The zero-order valence-corrected chi connectivity index (χ0v) is 13.9. The number of rotatable bonds is 4. The van der Waals surface area contributed by atoms with E-state index in [9.17, 15) is 13.6 Å². The van der Waals surface area contributed by atoms with Gasteiger partial charge in [0.15, 0.2) is 0 Å². The molecule has 0 atom stereocenters. The molecule has 0 spiro atoms. The van der Waals surface area contributed by atoms with Crippen LogP contribution in [0.25, 0.3) is 11.3 Å². The number of carbonyl (C=O) groups is 1. The Hall–Kier alpha value is -3.29. The van der Waals surface area contributed by atoms with Crippen LogP contribution in [0.3, 0.4) is 0 Å². The van der Waals surface area contributed by atoms with Gasteiger partial charge >= 0.3 is 5.97 Å². The fourth-order valence-corrected chi connectivity index (χ4v) is 2.43. The molecule has 3 rings (SSSR count). The quantitative estimate of drug-likeness (QED) is 0.722. The molecule has 0 aliphatic heterocycles. The number of aromatic carboxylic acids is 1.